The number of hydrogen-bond donors (Lipinski definition) is 3. The van der Waals surface area contributed by atoms with Crippen LogP contribution in [0.3, 0.4) is 0 Å². The SMILES string of the molecule is CNS(=O)(=O)CCNS(=O)(=O)c1ccc(I)c(C(=O)O)c1. The molecule has 0 atom stereocenters. The molecule has 1 rings (SSSR count). The van der Waals surface area contributed by atoms with E-state index < -0.39 is 31.8 Å². The monoisotopic (exact) mass is 448 g/mol. The maximum absolute atomic E-state index is 12.0. The average Bonchev–Trinajstić information content (AvgIpc) is 2.38. The van der Waals surface area contributed by atoms with Gasteiger partial charge in [-0.25, -0.2) is 31.1 Å². The molecule has 0 aliphatic rings. The van der Waals surface area contributed by atoms with Crippen molar-refractivity contribution in [2.75, 3.05) is 19.3 Å². The molecule has 21 heavy (non-hydrogen) atoms. The second kappa shape index (κ2) is 7.00. The van der Waals surface area contributed by atoms with E-state index >= 15 is 0 Å². The van der Waals surface area contributed by atoms with Gasteiger partial charge in [-0.15, -0.1) is 0 Å². The van der Waals surface area contributed by atoms with Crippen molar-refractivity contribution in [1.29, 1.82) is 0 Å². The van der Waals surface area contributed by atoms with Gasteiger partial charge in [-0.3, -0.25) is 0 Å². The zero-order chi connectivity index (χ0) is 16.3. The van der Waals surface area contributed by atoms with Gasteiger partial charge < -0.3 is 5.11 Å². The smallest absolute Gasteiger partial charge is 0.336 e. The summed E-state index contributed by atoms with van der Waals surface area (Å²) in [6.45, 7) is -0.320. The van der Waals surface area contributed by atoms with Gasteiger partial charge in [0.1, 0.15) is 0 Å². The van der Waals surface area contributed by atoms with E-state index in [0.717, 1.165) is 6.07 Å². The van der Waals surface area contributed by atoms with Crippen LogP contribution in [0, 0.1) is 3.57 Å². The van der Waals surface area contributed by atoms with E-state index in [1.807, 2.05) is 0 Å². The lowest BCUT2D eigenvalue weighted by molar-refractivity contribution is 0.0695. The first-order valence-corrected chi connectivity index (χ1v) is 9.74. The third-order valence-corrected chi connectivity index (χ3v) is 6.22. The molecule has 0 amide bonds. The minimum Gasteiger partial charge on any atom is -0.478 e. The highest BCUT2D eigenvalue weighted by Crippen LogP contribution is 2.17. The summed E-state index contributed by atoms with van der Waals surface area (Å²) in [5.74, 6) is -1.66. The van der Waals surface area contributed by atoms with E-state index in [1.165, 1.54) is 19.2 Å². The first-order valence-electron chi connectivity index (χ1n) is 5.53. The fourth-order valence-corrected chi connectivity index (χ4v) is 3.66. The zero-order valence-corrected chi connectivity index (χ0v) is 14.6. The van der Waals surface area contributed by atoms with Gasteiger partial charge in [-0.1, -0.05) is 0 Å². The van der Waals surface area contributed by atoms with E-state index in [9.17, 15) is 21.6 Å². The lowest BCUT2D eigenvalue weighted by Gasteiger charge is -2.08. The van der Waals surface area contributed by atoms with Crippen molar-refractivity contribution in [3.63, 3.8) is 0 Å². The summed E-state index contributed by atoms with van der Waals surface area (Å²) in [6, 6.07) is 3.64. The van der Waals surface area contributed by atoms with Crippen LogP contribution >= 0.6 is 22.6 Å². The maximum Gasteiger partial charge on any atom is 0.336 e. The van der Waals surface area contributed by atoms with Crippen LogP contribution < -0.4 is 9.44 Å². The molecular weight excluding hydrogens is 435 g/mol. The Hall–Kier alpha value is -0.760. The molecule has 0 radical (unpaired) electrons. The van der Waals surface area contributed by atoms with Gasteiger partial charge >= 0.3 is 5.97 Å². The van der Waals surface area contributed by atoms with Crippen molar-refractivity contribution in [2.24, 2.45) is 0 Å². The number of hydrogen-bond acceptors (Lipinski definition) is 5. The van der Waals surface area contributed by atoms with E-state index in [1.54, 1.807) is 22.6 Å². The summed E-state index contributed by atoms with van der Waals surface area (Å²) < 4.78 is 50.9. The Kier molecular flexibility index (Phi) is 6.10. The van der Waals surface area contributed by atoms with Crippen LogP contribution in [0.5, 0.6) is 0 Å². The van der Waals surface area contributed by atoms with Crippen molar-refractivity contribution in [3.8, 4) is 0 Å². The predicted molar refractivity (Wildman–Crippen MR) is 84.2 cm³/mol. The second-order valence-corrected chi connectivity index (χ2v) is 8.84. The molecule has 11 heteroatoms. The molecule has 1 aromatic carbocycles. The minimum atomic E-state index is -3.97. The molecule has 3 N–H and O–H groups in total. The Morgan fingerprint density at radius 1 is 1.29 bits per heavy atom. The molecule has 118 valence electrons. The number of benzene rings is 1. The lowest BCUT2D eigenvalue weighted by Crippen LogP contribution is -2.33. The summed E-state index contributed by atoms with van der Waals surface area (Å²) in [6.07, 6.45) is 0. The standard InChI is InChI=1S/C10H13IN2O6S2/c1-12-20(16,17)5-4-13-21(18,19)7-2-3-9(11)8(6-7)10(14)15/h2-3,6,12-13H,4-5H2,1H3,(H,14,15). The van der Waals surface area contributed by atoms with Gasteiger partial charge in [0.25, 0.3) is 0 Å². The number of nitrogens with one attached hydrogen (secondary N) is 2. The van der Waals surface area contributed by atoms with Gasteiger partial charge in [-0.2, -0.15) is 0 Å². The quantitative estimate of drug-likeness (QED) is 0.497. The molecule has 1 aromatic rings. The zero-order valence-electron chi connectivity index (χ0n) is 10.8. The van der Waals surface area contributed by atoms with Gasteiger partial charge in [-0.05, 0) is 47.8 Å². The minimum absolute atomic E-state index is 0.138. The van der Waals surface area contributed by atoms with Crippen molar-refractivity contribution < 1.29 is 26.7 Å². The summed E-state index contributed by atoms with van der Waals surface area (Å²) >= 11 is 1.78. The van der Waals surface area contributed by atoms with Crippen LogP contribution in [-0.2, 0) is 20.0 Å². The topological polar surface area (TPSA) is 130 Å². The van der Waals surface area contributed by atoms with Crippen molar-refractivity contribution in [2.45, 2.75) is 4.90 Å². The molecule has 0 aromatic heterocycles. The summed E-state index contributed by atoms with van der Waals surface area (Å²) in [4.78, 5) is 10.7. The second-order valence-electron chi connectivity index (χ2n) is 3.87. The Labute approximate surface area is 136 Å². The first kappa shape index (κ1) is 18.3. The van der Waals surface area contributed by atoms with E-state index in [-0.39, 0.29) is 17.0 Å². The molecule has 0 fully saturated rings. The third-order valence-electron chi connectivity index (χ3n) is 2.45. The first-order chi connectivity index (χ1) is 9.59. The molecular formula is C10H13IN2O6S2. The van der Waals surface area contributed by atoms with Gasteiger partial charge in [0.2, 0.25) is 20.0 Å². The number of carboxylic acids is 1. The molecule has 0 bridgehead atoms. The summed E-state index contributed by atoms with van der Waals surface area (Å²) in [7, 11) is -6.27. The molecule has 0 saturated carbocycles. The largest absolute Gasteiger partial charge is 0.478 e. The van der Waals surface area contributed by atoms with Crippen LogP contribution in [0.15, 0.2) is 23.1 Å². The van der Waals surface area contributed by atoms with Crippen LogP contribution in [0.2, 0.25) is 0 Å². The van der Waals surface area contributed by atoms with Crippen LogP contribution in [0.1, 0.15) is 10.4 Å². The Balaban J connectivity index is 2.94. The maximum atomic E-state index is 12.0. The number of halogens is 1. The molecule has 0 spiro atoms. The van der Waals surface area contributed by atoms with Gasteiger partial charge in [0.15, 0.2) is 0 Å². The van der Waals surface area contributed by atoms with Crippen molar-refractivity contribution >= 4 is 48.6 Å². The molecule has 0 heterocycles. The van der Waals surface area contributed by atoms with Gasteiger partial charge in [0.05, 0.1) is 16.2 Å². The number of rotatable bonds is 7. The van der Waals surface area contributed by atoms with Crippen molar-refractivity contribution in [3.05, 3.63) is 27.3 Å². The van der Waals surface area contributed by atoms with Gasteiger partial charge in [0, 0.05) is 10.1 Å². The van der Waals surface area contributed by atoms with Crippen LogP contribution in [0.4, 0.5) is 0 Å². The summed E-state index contributed by atoms with van der Waals surface area (Å²) in [5.41, 5.74) is -0.138. The number of carbonyl (C=O) groups is 1. The Morgan fingerprint density at radius 2 is 1.90 bits per heavy atom. The van der Waals surface area contributed by atoms with Crippen molar-refractivity contribution in [1.82, 2.24) is 9.44 Å². The highest BCUT2D eigenvalue weighted by molar-refractivity contribution is 14.1. The number of aromatic carboxylic acids is 1. The molecule has 0 unspecified atom stereocenters. The van der Waals surface area contributed by atoms with Crippen LogP contribution in [0.25, 0.3) is 0 Å². The highest BCUT2D eigenvalue weighted by atomic mass is 127. The fourth-order valence-electron chi connectivity index (χ4n) is 1.33. The van der Waals surface area contributed by atoms with E-state index in [2.05, 4.69) is 9.44 Å². The molecule has 8 nitrogen and oxygen atoms in total. The average molecular weight is 448 g/mol. The predicted octanol–water partition coefficient (Wildman–Crippen LogP) is -0.183. The molecule has 0 aliphatic heterocycles. The summed E-state index contributed by atoms with van der Waals surface area (Å²) in [5, 5.41) is 8.96. The number of carboxylic acid groups (broad SMARTS) is 1. The Morgan fingerprint density at radius 3 is 2.43 bits per heavy atom. The lowest BCUT2D eigenvalue weighted by atomic mass is 10.2. The molecule has 0 aliphatic carbocycles. The Bertz CT molecular complexity index is 745. The third kappa shape index (κ3) is 5.18. The van der Waals surface area contributed by atoms with Crippen LogP contribution in [-0.4, -0.2) is 47.3 Å². The van der Waals surface area contributed by atoms with E-state index in [0.29, 0.717) is 3.57 Å². The number of sulfonamides is 2. The molecule has 0 saturated heterocycles. The van der Waals surface area contributed by atoms with E-state index in [4.69, 9.17) is 5.11 Å². The normalized spacial score (nSPS) is 12.3. The highest BCUT2D eigenvalue weighted by Gasteiger charge is 2.18. The fraction of sp³-hybridized carbons (Fsp3) is 0.300.